The van der Waals surface area contributed by atoms with Crippen molar-refractivity contribution in [3.63, 3.8) is 0 Å². The largest absolute Gasteiger partial charge is 0.353 e. The molecule has 2 aromatic heterocycles. The summed E-state index contributed by atoms with van der Waals surface area (Å²) in [6, 6.07) is 8.60. The molecule has 0 bridgehead atoms. The number of hydrogen-bond donors (Lipinski definition) is 1. The monoisotopic (exact) mass is 241 g/mol. The quantitative estimate of drug-likeness (QED) is 0.747. The van der Waals surface area contributed by atoms with Crippen LogP contribution in [0.4, 0.5) is 4.39 Å². The Morgan fingerprint density at radius 2 is 2.17 bits per heavy atom. The standard InChI is InChI=1S/C14H12FN3/c1-2-14-16-7-6-12(18-14)13-8-9-10(15)4-3-5-11(9)17-13/h3-8,17H,2H2,1H3. The van der Waals surface area contributed by atoms with Crippen molar-refractivity contribution < 1.29 is 4.39 Å². The molecule has 4 heteroatoms. The van der Waals surface area contributed by atoms with Gasteiger partial charge in [-0.15, -0.1) is 0 Å². The maximum atomic E-state index is 13.6. The van der Waals surface area contributed by atoms with Crippen LogP contribution in [-0.2, 0) is 6.42 Å². The summed E-state index contributed by atoms with van der Waals surface area (Å²) in [5.41, 5.74) is 2.38. The Hall–Kier alpha value is -2.23. The number of halogens is 1. The number of rotatable bonds is 2. The summed E-state index contributed by atoms with van der Waals surface area (Å²) in [4.78, 5) is 11.8. The Morgan fingerprint density at radius 3 is 2.94 bits per heavy atom. The number of H-pyrrole nitrogens is 1. The molecule has 0 atom stereocenters. The second-order valence-electron chi connectivity index (χ2n) is 4.10. The molecule has 0 spiro atoms. The Labute approximate surface area is 104 Å². The van der Waals surface area contributed by atoms with E-state index in [9.17, 15) is 4.39 Å². The van der Waals surface area contributed by atoms with Crippen molar-refractivity contribution in [3.05, 3.63) is 48.2 Å². The fourth-order valence-corrected chi connectivity index (χ4v) is 1.98. The van der Waals surface area contributed by atoms with Crippen molar-refractivity contribution in [2.45, 2.75) is 13.3 Å². The highest BCUT2D eigenvalue weighted by atomic mass is 19.1. The molecule has 0 aliphatic rings. The van der Waals surface area contributed by atoms with Gasteiger partial charge in [0.15, 0.2) is 0 Å². The van der Waals surface area contributed by atoms with E-state index in [1.165, 1.54) is 6.07 Å². The van der Waals surface area contributed by atoms with E-state index in [4.69, 9.17) is 0 Å². The molecule has 2 heterocycles. The molecular weight excluding hydrogens is 229 g/mol. The lowest BCUT2D eigenvalue weighted by molar-refractivity contribution is 0.640. The number of aromatic amines is 1. The van der Waals surface area contributed by atoms with Crippen LogP contribution in [0, 0.1) is 5.82 Å². The molecule has 3 nitrogen and oxygen atoms in total. The topological polar surface area (TPSA) is 41.6 Å². The summed E-state index contributed by atoms with van der Waals surface area (Å²) >= 11 is 0. The fourth-order valence-electron chi connectivity index (χ4n) is 1.98. The van der Waals surface area contributed by atoms with E-state index in [1.807, 2.05) is 19.1 Å². The molecular formula is C14H12FN3. The van der Waals surface area contributed by atoms with E-state index in [0.717, 1.165) is 29.1 Å². The second kappa shape index (κ2) is 4.22. The summed E-state index contributed by atoms with van der Waals surface area (Å²) in [5.74, 6) is 0.561. The fraction of sp³-hybridized carbons (Fsp3) is 0.143. The number of aryl methyl sites for hydroxylation is 1. The zero-order valence-electron chi connectivity index (χ0n) is 9.94. The normalized spacial score (nSPS) is 11.0. The summed E-state index contributed by atoms with van der Waals surface area (Å²) in [6.45, 7) is 2.00. The average Bonchev–Trinajstić information content (AvgIpc) is 2.84. The molecule has 0 unspecified atom stereocenters. The highest BCUT2D eigenvalue weighted by Crippen LogP contribution is 2.24. The van der Waals surface area contributed by atoms with Gasteiger partial charge < -0.3 is 4.98 Å². The van der Waals surface area contributed by atoms with Crippen LogP contribution in [-0.4, -0.2) is 15.0 Å². The molecule has 18 heavy (non-hydrogen) atoms. The maximum Gasteiger partial charge on any atom is 0.132 e. The third kappa shape index (κ3) is 1.76. The van der Waals surface area contributed by atoms with E-state index in [-0.39, 0.29) is 5.82 Å². The van der Waals surface area contributed by atoms with Gasteiger partial charge in [-0.05, 0) is 24.3 Å². The summed E-state index contributed by atoms with van der Waals surface area (Å²) < 4.78 is 13.6. The maximum absolute atomic E-state index is 13.6. The van der Waals surface area contributed by atoms with Crippen LogP contribution in [0.2, 0.25) is 0 Å². The van der Waals surface area contributed by atoms with E-state index in [2.05, 4.69) is 15.0 Å². The lowest BCUT2D eigenvalue weighted by Crippen LogP contribution is -1.93. The lowest BCUT2D eigenvalue weighted by atomic mass is 10.2. The van der Waals surface area contributed by atoms with Crippen LogP contribution in [0.1, 0.15) is 12.7 Å². The van der Waals surface area contributed by atoms with Gasteiger partial charge in [0.25, 0.3) is 0 Å². The van der Waals surface area contributed by atoms with Crippen LogP contribution in [0.15, 0.2) is 36.5 Å². The minimum atomic E-state index is -0.222. The predicted octanol–water partition coefficient (Wildman–Crippen LogP) is 3.33. The number of benzene rings is 1. The molecule has 1 aromatic carbocycles. The van der Waals surface area contributed by atoms with E-state index >= 15 is 0 Å². The molecule has 1 N–H and O–H groups in total. The molecule has 90 valence electrons. The summed E-state index contributed by atoms with van der Waals surface area (Å²) in [7, 11) is 0. The van der Waals surface area contributed by atoms with Crippen LogP contribution < -0.4 is 0 Å². The van der Waals surface area contributed by atoms with Crippen LogP contribution >= 0.6 is 0 Å². The minimum absolute atomic E-state index is 0.222. The Morgan fingerprint density at radius 1 is 1.28 bits per heavy atom. The molecule has 0 amide bonds. The van der Waals surface area contributed by atoms with Gasteiger partial charge in [0, 0.05) is 23.5 Å². The number of hydrogen-bond acceptors (Lipinski definition) is 2. The smallest absolute Gasteiger partial charge is 0.132 e. The molecule has 0 saturated heterocycles. The first-order valence-electron chi connectivity index (χ1n) is 5.87. The van der Waals surface area contributed by atoms with Gasteiger partial charge in [0.05, 0.1) is 11.4 Å². The predicted molar refractivity (Wildman–Crippen MR) is 68.7 cm³/mol. The van der Waals surface area contributed by atoms with Crippen molar-refractivity contribution in [3.8, 4) is 11.4 Å². The number of fused-ring (bicyclic) bond motifs is 1. The van der Waals surface area contributed by atoms with E-state index in [0.29, 0.717) is 5.39 Å². The zero-order valence-corrected chi connectivity index (χ0v) is 9.94. The van der Waals surface area contributed by atoms with Crippen molar-refractivity contribution in [1.82, 2.24) is 15.0 Å². The second-order valence-corrected chi connectivity index (χ2v) is 4.10. The third-order valence-corrected chi connectivity index (χ3v) is 2.91. The van der Waals surface area contributed by atoms with Gasteiger partial charge in [0.2, 0.25) is 0 Å². The highest BCUT2D eigenvalue weighted by Gasteiger charge is 2.08. The van der Waals surface area contributed by atoms with Gasteiger partial charge in [-0.1, -0.05) is 13.0 Å². The first kappa shape index (κ1) is 10.9. The van der Waals surface area contributed by atoms with Gasteiger partial charge >= 0.3 is 0 Å². The Kier molecular flexibility index (Phi) is 2.55. The molecule has 0 aliphatic heterocycles. The first-order valence-corrected chi connectivity index (χ1v) is 5.87. The molecule has 0 aliphatic carbocycles. The highest BCUT2D eigenvalue weighted by molar-refractivity contribution is 5.85. The van der Waals surface area contributed by atoms with E-state index < -0.39 is 0 Å². The van der Waals surface area contributed by atoms with Crippen molar-refractivity contribution >= 4 is 10.9 Å². The van der Waals surface area contributed by atoms with Gasteiger partial charge in [-0.2, -0.15) is 0 Å². The number of nitrogens with zero attached hydrogens (tertiary/aromatic N) is 2. The Bertz CT molecular complexity index is 703. The molecule has 0 fully saturated rings. The van der Waals surface area contributed by atoms with Gasteiger partial charge in [-0.25, -0.2) is 14.4 Å². The van der Waals surface area contributed by atoms with Crippen molar-refractivity contribution in [2.24, 2.45) is 0 Å². The SMILES string of the molecule is CCc1nccc(-c2cc3c(F)cccc3[nH]2)n1. The van der Waals surface area contributed by atoms with E-state index in [1.54, 1.807) is 18.3 Å². The molecule has 0 saturated carbocycles. The average molecular weight is 241 g/mol. The molecule has 0 radical (unpaired) electrons. The Balaban J connectivity index is 2.16. The summed E-state index contributed by atoms with van der Waals surface area (Å²) in [5, 5.41) is 0.587. The van der Waals surface area contributed by atoms with Crippen molar-refractivity contribution in [2.75, 3.05) is 0 Å². The minimum Gasteiger partial charge on any atom is -0.353 e. The third-order valence-electron chi connectivity index (χ3n) is 2.91. The van der Waals surface area contributed by atoms with Crippen LogP contribution in [0.5, 0.6) is 0 Å². The van der Waals surface area contributed by atoms with Gasteiger partial charge in [0.1, 0.15) is 11.6 Å². The molecule has 3 aromatic rings. The number of aromatic nitrogens is 3. The lowest BCUT2D eigenvalue weighted by Gasteiger charge is -1.99. The first-order chi connectivity index (χ1) is 8.78. The summed E-state index contributed by atoms with van der Waals surface area (Å²) in [6.07, 6.45) is 2.51. The van der Waals surface area contributed by atoms with Crippen LogP contribution in [0.25, 0.3) is 22.3 Å². The zero-order chi connectivity index (χ0) is 12.5. The molecule has 3 rings (SSSR count). The van der Waals surface area contributed by atoms with Gasteiger partial charge in [-0.3, -0.25) is 0 Å². The van der Waals surface area contributed by atoms with Crippen LogP contribution in [0.3, 0.4) is 0 Å². The number of nitrogens with one attached hydrogen (secondary N) is 1. The van der Waals surface area contributed by atoms with Crippen molar-refractivity contribution in [1.29, 1.82) is 0 Å².